The Hall–Kier alpha value is -3.18. The van der Waals surface area contributed by atoms with Crippen LogP contribution in [0.4, 0.5) is 0 Å². The smallest absolute Gasteiger partial charge is 0.306 e. The van der Waals surface area contributed by atoms with Gasteiger partial charge in [0.05, 0.1) is 6.61 Å². The average Bonchev–Trinajstić information content (AvgIpc) is 3.34. The number of hydrogen-bond acceptors (Lipinski definition) is 5. The van der Waals surface area contributed by atoms with Gasteiger partial charge in [-0.15, -0.1) is 0 Å². The zero-order valence-electron chi connectivity index (χ0n) is 44.8. The Balaban J connectivity index is 4.34. The summed E-state index contributed by atoms with van der Waals surface area (Å²) in [5.41, 5.74) is 0. The van der Waals surface area contributed by atoms with Crippen LogP contribution in [0.25, 0.3) is 0 Å². The summed E-state index contributed by atoms with van der Waals surface area (Å²) >= 11 is 0. The molecule has 0 rings (SSSR count). The number of rotatable bonds is 52. The molecule has 390 valence electrons. The van der Waals surface area contributed by atoms with Gasteiger partial charge in [0, 0.05) is 19.4 Å². The van der Waals surface area contributed by atoms with Gasteiger partial charge in [-0.05, 0) is 116 Å². The van der Waals surface area contributed by atoms with Crippen LogP contribution in [-0.4, -0.2) is 37.9 Å². The molecule has 0 aliphatic carbocycles. The zero-order chi connectivity index (χ0) is 49.2. The third-order valence-electron chi connectivity index (χ3n) is 12.1. The number of allylic oxidation sites excluding steroid dienone is 16. The highest BCUT2D eigenvalue weighted by molar-refractivity contribution is 5.70. The summed E-state index contributed by atoms with van der Waals surface area (Å²) in [5, 5.41) is 0. The topological polar surface area (TPSA) is 61.8 Å². The van der Waals surface area contributed by atoms with Crippen LogP contribution in [0.2, 0.25) is 0 Å². The second-order valence-corrected chi connectivity index (χ2v) is 18.8. The highest BCUT2D eigenvalue weighted by Crippen LogP contribution is 2.14. The van der Waals surface area contributed by atoms with E-state index in [1.165, 1.54) is 135 Å². The molecule has 1 unspecified atom stereocenters. The lowest BCUT2D eigenvalue weighted by Gasteiger charge is -2.18. The predicted molar refractivity (Wildman–Crippen MR) is 297 cm³/mol. The van der Waals surface area contributed by atoms with E-state index in [2.05, 4.69) is 118 Å². The molecule has 0 aliphatic heterocycles. The van der Waals surface area contributed by atoms with Crippen molar-refractivity contribution < 1.29 is 23.8 Å². The monoisotopic (exact) mass is 945 g/mol. The van der Waals surface area contributed by atoms with Gasteiger partial charge in [0.1, 0.15) is 6.61 Å². The van der Waals surface area contributed by atoms with Crippen molar-refractivity contribution in [1.82, 2.24) is 0 Å². The Labute approximate surface area is 422 Å². The van der Waals surface area contributed by atoms with Crippen molar-refractivity contribution in [3.05, 3.63) is 97.2 Å². The van der Waals surface area contributed by atoms with Crippen molar-refractivity contribution >= 4 is 11.9 Å². The first kappa shape index (κ1) is 64.8. The molecule has 5 heteroatoms. The first-order valence-electron chi connectivity index (χ1n) is 28.8. The summed E-state index contributed by atoms with van der Waals surface area (Å²) in [6.07, 6.45) is 78.5. The highest BCUT2D eigenvalue weighted by Gasteiger charge is 2.17. The molecule has 5 nitrogen and oxygen atoms in total. The molecule has 1 atom stereocenters. The van der Waals surface area contributed by atoms with Gasteiger partial charge < -0.3 is 14.2 Å². The van der Waals surface area contributed by atoms with E-state index in [0.29, 0.717) is 19.4 Å². The van der Waals surface area contributed by atoms with Crippen LogP contribution >= 0.6 is 0 Å². The maximum absolute atomic E-state index is 12.9. The molecule has 0 saturated heterocycles. The van der Waals surface area contributed by atoms with E-state index in [9.17, 15) is 9.59 Å². The molecule has 0 aromatic carbocycles. The largest absolute Gasteiger partial charge is 0.462 e. The van der Waals surface area contributed by atoms with Crippen LogP contribution < -0.4 is 0 Å². The van der Waals surface area contributed by atoms with Gasteiger partial charge >= 0.3 is 11.9 Å². The molecule has 0 N–H and O–H groups in total. The molecule has 0 aromatic heterocycles. The third kappa shape index (κ3) is 55.4. The third-order valence-corrected chi connectivity index (χ3v) is 12.1. The fourth-order valence-electron chi connectivity index (χ4n) is 7.80. The molecule has 0 amide bonds. The van der Waals surface area contributed by atoms with Crippen LogP contribution in [0.3, 0.4) is 0 Å². The molecule has 0 saturated carbocycles. The Morgan fingerprint density at radius 2 is 0.691 bits per heavy atom. The van der Waals surface area contributed by atoms with Gasteiger partial charge in [-0.2, -0.15) is 0 Å². The number of esters is 2. The minimum atomic E-state index is -0.562. The van der Waals surface area contributed by atoms with Crippen molar-refractivity contribution in [2.75, 3.05) is 19.8 Å². The van der Waals surface area contributed by atoms with Crippen LogP contribution in [0.5, 0.6) is 0 Å². The highest BCUT2D eigenvalue weighted by atomic mass is 16.6. The molecular formula is C63H108O5. The van der Waals surface area contributed by atoms with Gasteiger partial charge in [0.2, 0.25) is 0 Å². The Kier molecular flexibility index (Phi) is 55.4. The van der Waals surface area contributed by atoms with Gasteiger partial charge in [-0.1, -0.05) is 234 Å². The maximum atomic E-state index is 12.9. The molecular weight excluding hydrogens is 837 g/mol. The minimum absolute atomic E-state index is 0.0591. The van der Waals surface area contributed by atoms with E-state index < -0.39 is 6.10 Å². The van der Waals surface area contributed by atoms with Gasteiger partial charge in [0.25, 0.3) is 0 Å². The van der Waals surface area contributed by atoms with E-state index >= 15 is 0 Å². The summed E-state index contributed by atoms with van der Waals surface area (Å²) < 4.78 is 17.4. The first-order valence-corrected chi connectivity index (χ1v) is 28.8. The van der Waals surface area contributed by atoms with Crippen molar-refractivity contribution in [3.63, 3.8) is 0 Å². The van der Waals surface area contributed by atoms with Gasteiger partial charge in [0.15, 0.2) is 6.10 Å². The molecule has 0 heterocycles. The number of carbonyl (C=O) groups is 2. The lowest BCUT2D eigenvalue weighted by atomic mass is 10.1. The molecule has 0 bridgehead atoms. The summed E-state index contributed by atoms with van der Waals surface area (Å²) in [7, 11) is 0. The first-order chi connectivity index (χ1) is 33.6. The number of carbonyl (C=O) groups excluding carboxylic acids is 2. The van der Waals surface area contributed by atoms with E-state index in [1.807, 2.05) is 0 Å². The standard InChI is InChI=1S/C63H108O5/c1-4-7-10-13-16-19-22-25-28-30-32-34-36-38-41-44-47-50-53-56-62(64)67-60-61(59-66-58-55-52-49-46-43-40-27-24-21-18-15-12-9-6-3)68-63(65)57-54-51-48-45-42-39-37-35-33-31-29-26-23-20-17-14-11-8-5-2/h7,10,12,15-16,19,21,24-26,28-29,32,34,38,41,61H,4-6,8-9,11,13-14,17-18,20,22-23,27,30-31,33,35-37,39-40,42-60H2,1-3H3/b10-7-,15-12-,19-16-,24-21-,28-25-,29-26-,34-32-,41-38-. The number of ether oxygens (including phenoxy) is 3. The second kappa shape index (κ2) is 58.1. The maximum Gasteiger partial charge on any atom is 0.306 e. The van der Waals surface area contributed by atoms with Crippen LogP contribution in [0.15, 0.2) is 97.2 Å². The lowest BCUT2D eigenvalue weighted by Crippen LogP contribution is -2.30. The Morgan fingerprint density at radius 3 is 1.15 bits per heavy atom. The minimum Gasteiger partial charge on any atom is -0.462 e. The fourth-order valence-corrected chi connectivity index (χ4v) is 7.80. The van der Waals surface area contributed by atoms with Gasteiger partial charge in [-0.25, -0.2) is 0 Å². The molecule has 0 aliphatic rings. The Morgan fingerprint density at radius 1 is 0.338 bits per heavy atom. The predicted octanol–water partition coefficient (Wildman–Crippen LogP) is 19.8. The summed E-state index contributed by atoms with van der Waals surface area (Å²) in [6.45, 7) is 7.61. The quantitative estimate of drug-likeness (QED) is 0.0345. The molecule has 68 heavy (non-hydrogen) atoms. The van der Waals surface area contributed by atoms with Crippen LogP contribution in [0.1, 0.15) is 265 Å². The second-order valence-electron chi connectivity index (χ2n) is 18.8. The van der Waals surface area contributed by atoms with E-state index in [4.69, 9.17) is 14.2 Å². The SMILES string of the molecule is CC/C=C\C/C=C\C/C=C\C/C=C\C/C=C\CCCCCC(=O)OCC(COCCCCCCCC/C=C\C/C=C\CCC)OC(=O)CCCCCCCCCCC/C=C\CCCCCCCC. The average molecular weight is 946 g/mol. The van der Waals surface area contributed by atoms with Crippen molar-refractivity contribution in [3.8, 4) is 0 Å². The fraction of sp³-hybridized carbons (Fsp3) is 0.714. The van der Waals surface area contributed by atoms with Crippen molar-refractivity contribution in [2.24, 2.45) is 0 Å². The van der Waals surface area contributed by atoms with E-state index in [1.54, 1.807) is 0 Å². The Bertz CT molecular complexity index is 1300. The van der Waals surface area contributed by atoms with E-state index in [0.717, 1.165) is 96.3 Å². The van der Waals surface area contributed by atoms with Crippen LogP contribution in [0, 0.1) is 0 Å². The summed E-state index contributed by atoms with van der Waals surface area (Å²) in [5.74, 6) is -0.440. The number of hydrogen-bond donors (Lipinski definition) is 0. The molecule has 0 spiro atoms. The number of unbranched alkanes of at least 4 members (excludes halogenated alkanes) is 25. The molecule has 0 fully saturated rings. The normalized spacial score (nSPS) is 12.9. The summed E-state index contributed by atoms with van der Waals surface area (Å²) in [6, 6.07) is 0. The van der Waals surface area contributed by atoms with Gasteiger partial charge in [-0.3, -0.25) is 9.59 Å². The lowest BCUT2D eigenvalue weighted by molar-refractivity contribution is -0.163. The summed E-state index contributed by atoms with van der Waals surface area (Å²) in [4.78, 5) is 25.5. The van der Waals surface area contributed by atoms with Crippen molar-refractivity contribution in [1.29, 1.82) is 0 Å². The van der Waals surface area contributed by atoms with Crippen LogP contribution in [-0.2, 0) is 23.8 Å². The molecule has 0 radical (unpaired) electrons. The zero-order valence-corrected chi connectivity index (χ0v) is 44.8. The van der Waals surface area contributed by atoms with Crippen molar-refractivity contribution in [2.45, 2.75) is 271 Å². The van der Waals surface area contributed by atoms with E-state index in [-0.39, 0.29) is 25.2 Å². The molecule has 0 aromatic rings.